The molecule has 9 nitrogen and oxygen atoms in total. The lowest BCUT2D eigenvalue weighted by molar-refractivity contribution is -0.0261. The standard InChI is InChI=1S/C25H30FN3O6/c1-14(15-3-4-16(18(26)11-15)24(31)27-7-10-33-2)17-12-21(28-20-6-9-35-23(17)20)25(32)29-19-5-8-34-13-22(19)30/h3-4,11-12,14,19,22,30H,5-10,13H2,1-2H3,(H,27,31)(H,29,32)/t14?,19-,22-/m0/s1. The Morgan fingerprint density at radius 1 is 1.29 bits per heavy atom. The maximum absolute atomic E-state index is 14.8. The summed E-state index contributed by atoms with van der Waals surface area (Å²) in [6, 6.07) is 5.71. The molecule has 1 saturated heterocycles. The molecule has 3 N–H and O–H groups in total. The van der Waals surface area contributed by atoms with Crippen molar-refractivity contribution >= 4 is 11.8 Å². The van der Waals surface area contributed by atoms with Crippen molar-refractivity contribution in [1.82, 2.24) is 15.6 Å². The van der Waals surface area contributed by atoms with E-state index in [9.17, 15) is 19.1 Å². The molecule has 4 rings (SSSR count). The molecule has 1 aromatic heterocycles. The fourth-order valence-corrected chi connectivity index (χ4v) is 4.29. The Labute approximate surface area is 203 Å². The number of carbonyl (C=O) groups excluding carboxylic acids is 2. The molecule has 1 fully saturated rings. The van der Waals surface area contributed by atoms with Gasteiger partial charge in [0, 0.05) is 38.2 Å². The first kappa shape index (κ1) is 25.0. The molecule has 0 bridgehead atoms. The van der Waals surface area contributed by atoms with Gasteiger partial charge in [0.25, 0.3) is 11.8 Å². The van der Waals surface area contributed by atoms with Crippen LogP contribution in [0.2, 0.25) is 0 Å². The molecule has 1 aromatic carbocycles. The van der Waals surface area contributed by atoms with Gasteiger partial charge in [0.05, 0.1) is 43.2 Å². The van der Waals surface area contributed by atoms with Gasteiger partial charge in [0.1, 0.15) is 17.3 Å². The number of aromatic nitrogens is 1. The van der Waals surface area contributed by atoms with Gasteiger partial charge in [0.2, 0.25) is 0 Å². The lowest BCUT2D eigenvalue weighted by Gasteiger charge is -2.28. The molecule has 10 heteroatoms. The van der Waals surface area contributed by atoms with Gasteiger partial charge < -0.3 is 30.0 Å². The molecule has 0 radical (unpaired) electrons. The van der Waals surface area contributed by atoms with Crippen molar-refractivity contribution in [1.29, 1.82) is 0 Å². The molecule has 188 valence electrons. The first-order chi connectivity index (χ1) is 16.9. The number of nitrogens with one attached hydrogen (secondary N) is 2. The normalized spacial score (nSPS) is 20.0. The minimum absolute atomic E-state index is 0.0525. The van der Waals surface area contributed by atoms with Crippen LogP contribution in [-0.2, 0) is 15.9 Å². The molecular formula is C25H30FN3O6. The van der Waals surface area contributed by atoms with Gasteiger partial charge in [-0.1, -0.05) is 13.0 Å². The number of aliphatic hydroxyl groups is 1. The van der Waals surface area contributed by atoms with Crippen molar-refractivity contribution in [3.63, 3.8) is 0 Å². The second-order valence-electron chi connectivity index (χ2n) is 8.69. The lowest BCUT2D eigenvalue weighted by atomic mass is 9.90. The van der Waals surface area contributed by atoms with E-state index in [1.54, 1.807) is 12.1 Å². The van der Waals surface area contributed by atoms with Crippen molar-refractivity contribution in [2.45, 2.75) is 37.8 Å². The number of methoxy groups -OCH3 is 1. The lowest BCUT2D eigenvalue weighted by Crippen LogP contribution is -2.48. The Kier molecular flexibility index (Phi) is 7.94. The molecule has 35 heavy (non-hydrogen) atoms. The number of halogens is 1. The Morgan fingerprint density at radius 3 is 2.86 bits per heavy atom. The number of hydrogen-bond acceptors (Lipinski definition) is 7. The summed E-state index contributed by atoms with van der Waals surface area (Å²) in [6.45, 7) is 3.57. The number of rotatable bonds is 8. The van der Waals surface area contributed by atoms with Crippen molar-refractivity contribution in [3.05, 3.63) is 58.2 Å². The number of ether oxygens (including phenoxy) is 3. The summed E-state index contributed by atoms with van der Waals surface area (Å²) >= 11 is 0. The highest BCUT2D eigenvalue weighted by atomic mass is 19.1. The van der Waals surface area contributed by atoms with Crippen molar-refractivity contribution in [2.24, 2.45) is 0 Å². The van der Waals surface area contributed by atoms with Gasteiger partial charge in [-0.05, 0) is 30.2 Å². The third kappa shape index (κ3) is 5.61. The highest BCUT2D eigenvalue weighted by molar-refractivity contribution is 5.94. The second-order valence-corrected chi connectivity index (χ2v) is 8.69. The van der Waals surface area contributed by atoms with Crippen LogP contribution in [0.15, 0.2) is 24.3 Å². The SMILES string of the molecule is COCCNC(=O)c1ccc(C(C)c2cc(C(=O)N[C@H]3CCOC[C@@H]3O)nc3c2OCC3)cc1F. The van der Waals surface area contributed by atoms with Gasteiger partial charge >= 0.3 is 0 Å². The molecule has 3 heterocycles. The van der Waals surface area contributed by atoms with Crippen molar-refractivity contribution < 1.29 is 33.3 Å². The monoisotopic (exact) mass is 487 g/mol. The summed E-state index contributed by atoms with van der Waals surface area (Å²) in [7, 11) is 1.52. The van der Waals surface area contributed by atoms with E-state index in [1.165, 1.54) is 19.2 Å². The summed E-state index contributed by atoms with van der Waals surface area (Å²) < 4.78 is 30.8. The van der Waals surface area contributed by atoms with E-state index in [0.717, 1.165) is 0 Å². The maximum atomic E-state index is 14.8. The Morgan fingerprint density at radius 2 is 2.11 bits per heavy atom. The number of hydrogen-bond donors (Lipinski definition) is 3. The molecular weight excluding hydrogens is 457 g/mol. The van der Waals surface area contributed by atoms with Crippen molar-refractivity contribution in [2.75, 3.05) is 40.1 Å². The molecule has 2 amide bonds. The third-order valence-electron chi connectivity index (χ3n) is 6.33. The van der Waals surface area contributed by atoms with Crippen LogP contribution in [0.1, 0.15) is 56.9 Å². The fraction of sp³-hybridized carbons (Fsp3) is 0.480. The van der Waals surface area contributed by atoms with Crippen molar-refractivity contribution in [3.8, 4) is 5.75 Å². The number of nitrogens with zero attached hydrogens (tertiary/aromatic N) is 1. The van der Waals surface area contributed by atoms with E-state index in [1.807, 2.05) is 6.92 Å². The number of fused-ring (bicyclic) bond motifs is 1. The first-order valence-electron chi connectivity index (χ1n) is 11.7. The Balaban J connectivity index is 1.57. The van der Waals surface area contributed by atoms with E-state index in [4.69, 9.17) is 14.2 Å². The minimum atomic E-state index is -0.781. The van der Waals surface area contributed by atoms with E-state index in [-0.39, 0.29) is 30.3 Å². The van der Waals surface area contributed by atoms with E-state index in [2.05, 4.69) is 15.6 Å². The molecule has 0 aliphatic carbocycles. The van der Waals surface area contributed by atoms with Crippen LogP contribution in [0.3, 0.4) is 0 Å². The van der Waals surface area contributed by atoms with Gasteiger partial charge in [-0.25, -0.2) is 9.37 Å². The summed E-state index contributed by atoms with van der Waals surface area (Å²) in [5, 5.41) is 15.6. The minimum Gasteiger partial charge on any atom is -0.491 e. The average molecular weight is 488 g/mol. The zero-order valence-corrected chi connectivity index (χ0v) is 19.8. The topological polar surface area (TPSA) is 119 Å². The summed E-state index contributed by atoms with van der Waals surface area (Å²) in [5.41, 5.74) is 2.17. The number of carbonyl (C=O) groups is 2. The number of aliphatic hydroxyl groups excluding tert-OH is 1. The van der Waals surface area contributed by atoms with Crippen LogP contribution < -0.4 is 15.4 Å². The molecule has 1 unspecified atom stereocenters. The van der Waals surface area contributed by atoms with Crippen LogP contribution in [0.4, 0.5) is 4.39 Å². The molecule has 2 aromatic rings. The molecule has 2 aliphatic heterocycles. The summed E-state index contributed by atoms with van der Waals surface area (Å²) in [6.07, 6.45) is 0.289. The number of benzene rings is 1. The van der Waals surface area contributed by atoms with Crippen LogP contribution in [0.25, 0.3) is 0 Å². The zero-order valence-electron chi connectivity index (χ0n) is 19.8. The number of pyridine rings is 1. The highest BCUT2D eigenvalue weighted by Gasteiger charge is 2.29. The van der Waals surface area contributed by atoms with E-state index < -0.39 is 29.8 Å². The Hall–Kier alpha value is -3.08. The van der Waals surface area contributed by atoms with Crippen LogP contribution in [0.5, 0.6) is 5.75 Å². The predicted octanol–water partition coefficient (Wildman–Crippen LogP) is 1.56. The van der Waals surface area contributed by atoms with Gasteiger partial charge in [0.15, 0.2) is 0 Å². The van der Waals surface area contributed by atoms with E-state index >= 15 is 0 Å². The second kappa shape index (κ2) is 11.1. The Bertz CT molecular complexity index is 1100. The van der Waals surface area contributed by atoms with Crippen LogP contribution >= 0.6 is 0 Å². The maximum Gasteiger partial charge on any atom is 0.270 e. The van der Waals surface area contributed by atoms with E-state index in [0.29, 0.717) is 55.2 Å². The molecule has 0 spiro atoms. The average Bonchev–Trinajstić information content (AvgIpc) is 3.33. The highest BCUT2D eigenvalue weighted by Crippen LogP contribution is 2.37. The number of amides is 2. The largest absolute Gasteiger partial charge is 0.491 e. The summed E-state index contributed by atoms with van der Waals surface area (Å²) in [4.78, 5) is 29.7. The smallest absolute Gasteiger partial charge is 0.270 e. The fourth-order valence-electron chi connectivity index (χ4n) is 4.29. The van der Waals surface area contributed by atoms with Crippen LogP contribution in [-0.4, -0.2) is 74.1 Å². The first-order valence-corrected chi connectivity index (χ1v) is 11.7. The molecule has 3 atom stereocenters. The van der Waals surface area contributed by atoms with Gasteiger partial charge in [-0.2, -0.15) is 0 Å². The predicted molar refractivity (Wildman–Crippen MR) is 124 cm³/mol. The van der Waals surface area contributed by atoms with Crippen LogP contribution in [0, 0.1) is 5.82 Å². The quantitative estimate of drug-likeness (QED) is 0.484. The third-order valence-corrected chi connectivity index (χ3v) is 6.33. The molecule has 2 aliphatic rings. The summed E-state index contributed by atoms with van der Waals surface area (Å²) in [5.74, 6) is -1.27. The van der Waals surface area contributed by atoms with Gasteiger partial charge in [-0.15, -0.1) is 0 Å². The molecule has 0 saturated carbocycles. The van der Waals surface area contributed by atoms with Gasteiger partial charge in [-0.3, -0.25) is 9.59 Å². The zero-order chi connectivity index (χ0) is 24.9.